The number of H-pyrrole nitrogens is 1. The molecule has 0 bridgehead atoms. The maximum absolute atomic E-state index is 12.4. The van der Waals surface area contributed by atoms with Crippen LogP contribution in [0.2, 0.25) is 0 Å². The zero-order chi connectivity index (χ0) is 16.4. The minimum atomic E-state index is -0.0820. The van der Waals surface area contributed by atoms with Gasteiger partial charge in [-0.3, -0.25) is 9.89 Å². The second kappa shape index (κ2) is 6.55. The normalized spacial score (nSPS) is 17.5. The number of aromatic nitrogens is 2. The number of ether oxygens (including phenoxy) is 2. The first-order chi connectivity index (χ1) is 11.8. The van der Waals surface area contributed by atoms with Gasteiger partial charge in [-0.1, -0.05) is 25.7 Å². The van der Waals surface area contributed by atoms with E-state index in [1.54, 1.807) is 6.07 Å². The van der Waals surface area contributed by atoms with E-state index < -0.39 is 0 Å². The third-order valence-corrected chi connectivity index (χ3v) is 4.68. The van der Waals surface area contributed by atoms with Crippen molar-refractivity contribution in [2.45, 2.75) is 44.6 Å². The van der Waals surface area contributed by atoms with E-state index in [0.717, 1.165) is 29.8 Å². The van der Waals surface area contributed by atoms with Crippen molar-refractivity contribution in [2.75, 3.05) is 6.79 Å². The summed E-state index contributed by atoms with van der Waals surface area (Å²) in [6.07, 6.45) is 7.05. The molecule has 1 amide bonds. The van der Waals surface area contributed by atoms with Gasteiger partial charge in [0.25, 0.3) is 5.91 Å². The summed E-state index contributed by atoms with van der Waals surface area (Å²) in [4.78, 5) is 12.4. The molecule has 1 saturated carbocycles. The van der Waals surface area contributed by atoms with Crippen molar-refractivity contribution in [3.05, 3.63) is 30.0 Å². The number of rotatable bonds is 3. The molecule has 2 aromatic rings. The molecule has 4 rings (SSSR count). The first-order valence-electron chi connectivity index (χ1n) is 8.56. The Morgan fingerprint density at radius 3 is 2.71 bits per heavy atom. The molecule has 126 valence electrons. The van der Waals surface area contributed by atoms with Gasteiger partial charge in [0.1, 0.15) is 5.69 Å². The molecule has 1 aromatic heterocycles. The summed E-state index contributed by atoms with van der Waals surface area (Å²) in [5.41, 5.74) is 2.11. The average Bonchev–Trinajstić information content (AvgIpc) is 3.19. The van der Waals surface area contributed by atoms with E-state index in [1.165, 1.54) is 25.7 Å². The molecule has 2 heterocycles. The van der Waals surface area contributed by atoms with E-state index in [2.05, 4.69) is 15.5 Å². The van der Waals surface area contributed by atoms with Crippen LogP contribution in [-0.4, -0.2) is 28.9 Å². The number of nitrogens with zero attached hydrogens (tertiary/aromatic N) is 1. The molecule has 6 nitrogen and oxygen atoms in total. The quantitative estimate of drug-likeness (QED) is 0.849. The van der Waals surface area contributed by atoms with Gasteiger partial charge in [0.05, 0.1) is 5.69 Å². The van der Waals surface area contributed by atoms with Crippen LogP contribution < -0.4 is 14.8 Å². The first-order valence-corrected chi connectivity index (χ1v) is 8.56. The van der Waals surface area contributed by atoms with Crippen LogP contribution in [0.4, 0.5) is 0 Å². The highest BCUT2D eigenvalue weighted by Crippen LogP contribution is 2.35. The van der Waals surface area contributed by atoms with Gasteiger partial charge in [-0.15, -0.1) is 0 Å². The lowest BCUT2D eigenvalue weighted by Crippen LogP contribution is -2.34. The third-order valence-electron chi connectivity index (χ3n) is 4.68. The number of nitrogens with one attached hydrogen (secondary N) is 2. The monoisotopic (exact) mass is 327 g/mol. The third kappa shape index (κ3) is 3.09. The van der Waals surface area contributed by atoms with Crippen molar-refractivity contribution in [1.29, 1.82) is 0 Å². The van der Waals surface area contributed by atoms with Crippen LogP contribution in [0.5, 0.6) is 11.5 Å². The summed E-state index contributed by atoms with van der Waals surface area (Å²) < 4.78 is 10.7. The van der Waals surface area contributed by atoms with Crippen LogP contribution in [-0.2, 0) is 0 Å². The summed E-state index contributed by atoms with van der Waals surface area (Å²) in [5.74, 6) is 1.36. The van der Waals surface area contributed by atoms with Crippen LogP contribution >= 0.6 is 0 Å². The predicted molar refractivity (Wildman–Crippen MR) is 89.1 cm³/mol. The zero-order valence-electron chi connectivity index (χ0n) is 13.5. The fourth-order valence-corrected chi connectivity index (χ4v) is 3.33. The lowest BCUT2D eigenvalue weighted by atomic mass is 10.1. The van der Waals surface area contributed by atoms with Crippen molar-refractivity contribution < 1.29 is 14.3 Å². The Balaban J connectivity index is 1.47. The number of hydrogen-bond acceptors (Lipinski definition) is 4. The second-order valence-corrected chi connectivity index (χ2v) is 6.40. The van der Waals surface area contributed by atoms with E-state index >= 15 is 0 Å². The molecule has 1 aliphatic carbocycles. The van der Waals surface area contributed by atoms with Crippen LogP contribution in [0.15, 0.2) is 24.3 Å². The Labute approximate surface area is 140 Å². The van der Waals surface area contributed by atoms with Gasteiger partial charge in [0.2, 0.25) is 6.79 Å². The Morgan fingerprint density at radius 1 is 1.08 bits per heavy atom. The molecule has 0 radical (unpaired) electrons. The zero-order valence-corrected chi connectivity index (χ0v) is 13.5. The van der Waals surface area contributed by atoms with Crippen molar-refractivity contribution in [2.24, 2.45) is 0 Å². The van der Waals surface area contributed by atoms with Crippen molar-refractivity contribution in [3.8, 4) is 22.8 Å². The molecule has 0 unspecified atom stereocenters. The minimum Gasteiger partial charge on any atom is -0.454 e. The van der Waals surface area contributed by atoms with Gasteiger partial charge in [-0.2, -0.15) is 5.10 Å². The van der Waals surface area contributed by atoms with E-state index in [-0.39, 0.29) is 18.7 Å². The molecule has 6 heteroatoms. The lowest BCUT2D eigenvalue weighted by molar-refractivity contribution is 0.0928. The number of carbonyl (C=O) groups is 1. The Kier molecular flexibility index (Phi) is 4.11. The van der Waals surface area contributed by atoms with Crippen LogP contribution in [0.1, 0.15) is 49.0 Å². The van der Waals surface area contributed by atoms with Crippen LogP contribution in [0.25, 0.3) is 11.3 Å². The fraction of sp³-hybridized carbons (Fsp3) is 0.444. The molecule has 1 fully saturated rings. The number of hydrogen-bond donors (Lipinski definition) is 2. The van der Waals surface area contributed by atoms with E-state index in [9.17, 15) is 4.79 Å². The van der Waals surface area contributed by atoms with Gasteiger partial charge in [0.15, 0.2) is 11.5 Å². The van der Waals surface area contributed by atoms with E-state index in [0.29, 0.717) is 11.4 Å². The van der Waals surface area contributed by atoms with Crippen LogP contribution in [0.3, 0.4) is 0 Å². The molecule has 0 spiro atoms. The smallest absolute Gasteiger partial charge is 0.269 e. The molecule has 1 aromatic carbocycles. The molecular formula is C18H21N3O3. The summed E-state index contributed by atoms with van der Waals surface area (Å²) >= 11 is 0. The van der Waals surface area contributed by atoms with E-state index in [1.807, 2.05) is 18.2 Å². The fourth-order valence-electron chi connectivity index (χ4n) is 3.33. The highest BCUT2D eigenvalue weighted by atomic mass is 16.7. The Morgan fingerprint density at radius 2 is 1.88 bits per heavy atom. The van der Waals surface area contributed by atoms with Crippen molar-refractivity contribution in [3.63, 3.8) is 0 Å². The van der Waals surface area contributed by atoms with Gasteiger partial charge < -0.3 is 14.8 Å². The highest BCUT2D eigenvalue weighted by Gasteiger charge is 2.19. The first kappa shape index (κ1) is 15.1. The topological polar surface area (TPSA) is 76.2 Å². The SMILES string of the molecule is O=C(NC1CCCCCC1)c1cc(-c2ccc3c(c2)OCO3)n[nH]1. The molecular weight excluding hydrogens is 306 g/mol. The summed E-state index contributed by atoms with van der Waals surface area (Å²) in [5, 5.41) is 10.2. The second-order valence-electron chi connectivity index (χ2n) is 6.40. The van der Waals surface area contributed by atoms with E-state index in [4.69, 9.17) is 9.47 Å². The van der Waals surface area contributed by atoms with Crippen LogP contribution in [0, 0.1) is 0 Å². The summed E-state index contributed by atoms with van der Waals surface area (Å²) in [6, 6.07) is 7.71. The predicted octanol–water partition coefficient (Wildman–Crippen LogP) is 3.26. The van der Waals surface area contributed by atoms with Gasteiger partial charge in [-0.25, -0.2) is 0 Å². The maximum atomic E-state index is 12.4. The van der Waals surface area contributed by atoms with Crippen molar-refractivity contribution >= 4 is 5.91 Å². The molecule has 24 heavy (non-hydrogen) atoms. The Hall–Kier alpha value is -2.50. The largest absolute Gasteiger partial charge is 0.454 e. The summed E-state index contributed by atoms with van der Waals surface area (Å²) in [6.45, 7) is 0.244. The molecule has 0 atom stereocenters. The van der Waals surface area contributed by atoms with Gasteiger partial charge >= 0.3 is 0 Å². The number of fused-ring (bicyclic) bond motifs is 1. The maximum Gasteiger partial charge on any atom is 0.269 e. The number of benzene rings is 1. The molecule has 2 N–H and O–H groups in total. The molecule has 0 saturated heterocycles. The number of amides is 1. The summed E-state index contributed by atoms with van der Waals surface area (Å²) in [7, 11) is 0. The Bertz CT molecular complexity index is 733. The standard InChI is InChI=1S/C18H21N3O3/c22-18(19-13-5-3-1-2-4-6-13)15-10-14(20-21-15)12-7-8-16-17(9-12)24-11-23-16/h7-10,13H,1-6,11H2,(H,19,22)(H,20,21). The van der Waals surface area contributed by atoms with Gasteiger partial charge in [0, 0.05) is 11.6 Å². The lowest BCUT2D eigenvalue weighted by Gasteiger charge is -2.15. The number of aromatic amines is 1. The van der Waals surface area contributed by atoms with Gasteiger partial charge in [-0.05, 0) is 37.1 Å². The minimum absolute atomic E-state index is 0.0820. The molecule has 2 aliphatic rings. The highest BCUT2D eigenvalue weighted by molar-refractivity contribution is 5.93. The molecule has 1 aliphatic heterocycles. The van der Waals surface area contributed by atoms with Crippen molar-refractivity contribution in [1.82, 2.24) is 15.5 Å². The average molecular weight is 327 g/mol. The number of carbonyl (C=O) groups excluding carboxylic acids is 1.